The standard InChI is InChI=1S/C26H24ClFN4O2.ClH/c1-30-21-9-11-31-10-2-3-22(31)25(21)19-6-7-23(29-26(19)30)32-12-8-18(14-24(32)33)34-15-16-4-5-17(27)13-20(16)28;/h4-8,12-14,22H,2-3,9-11,15H2,1H3;1H. The highest BCUT2D eigenvalue weighted by Gasteiger charge is 2.35. The van der Waals surface area contributed by atoms with E-state index in [0.29, 0.717) is 28.2 Å². The average Bonchev–Trinajstić information content (AvgIpc) is 3.41. The lowest BCUT2D eigenvalue weighted by Crippen LogP contribution is -2.31. The number of nitrogens with zero attached hydrogens (tertiary/aromatic N) is 4. The summed E-state index contributed by atoms with van der Waals surface area (Å²) in [4.78, 5) is 20.3. The first kappa shape index (κ1) is 23.9. The van der Waals surface area contributed by atoms with Crippen LogP contribution in [0, 0.1) is 5.82 Å². The number of halogens is 3. The van der Waals surface area contributed by atoms with Gasteiger partial charge in [0.1, 0.15) is 29.6 Å². The fourth-order valence-corrected chi connectivity index (χ4v) is 5.55. The topological polar surface area (TPSA) is 52.3 Å². The fraction of sp³-hybridized carbons (Fsp3) is 0.308. The third-order valence-electron chi connectivity index (χ3n) is 7.06. The second-order valence-corrected chi connectivity index (χ2v) is 9.44. The molecule has 1 atom stereocenters. The molecule has 182 valence electrons. The zero-order valence-electron chi connectivity index (χ0n) is 19.2. The van der Waals surface area contributed by atoms with E-state index < -0.39 is 5.82 Å². The molecular formula is C26H25Cl2FN4O2. The van der Waals surface area contributed by atoms with Gasteiger partial charge in [-0.15, -0.1) is 12.4 Å². The van der Waals surface area contributed by atoms with Gasteiger partial charge in [0.2, 0.25) is 0 Å². The summed E-state index contributed by atoms with van der Waals surface area (Å²) < 4.78 is 23.3. The van der Waals surface area contributed by atoms with Crippen molar-refractivity contribution in [2.24, 2.45) is 7.05 Å². The summed E-state index contributed by atoms with van der Waals surface area (Å²) in [5, 5.41) is 1.50. The highest BCUT2D eigenvalue weighted by molar-refractivity contribution is 6.30. The van der Waals surface area contributed by atoms with E-state index in [1.165, 1.54) is 52.7 Å². The largest absolute Gasteiger partial charge is 0.489 e. The summed E-state index contributed by atoms with van der Waals surface area (Å²) in [6, 6.07) is 12.0. The summed E-state index contributed by atoms with van der Waals surface area (Å²) in [6.45, 7) is 2.26. The molecule has 35 heavy (non-hydrogen) atoms. The van der Waals surface area contributed by atoms with Crippen LogP contribution >= 0.6 is 24.0 Å². The molecular weight excluding hydrogens is 490 g/mol. The molecule has 9 heteroatoms. The van der Waals surface area contributed by atoms with Crippen molar-refractivity contribution < 1.29 is 9.13 Å². The Kier molecular flexibility index (Phi) is 6.34. The van der Waals surface area contributed by atoms with Crippen molar-refractivity contribution in [3.63, 3.8) is 0 Å². The monoisotopic (exact) mass is 514 g/mol. The lowest BCUT2D eigenvalue weighted by Gasteiger charge is -2.30. The number of ether oxygens (including phenoxy) is 1. The van der Waals surface area contributed by atoms with Crippen molar-refractivity contribution in [1.29, 1.82) is 0 Å². The Hall–Kier alpha value is -2.87. The number of hydrogen-bond donors (Lipinski definition) is 0. The Morgan fingerprint density at radius 1 is 1.17 bits per heavy atom. The van der Waals surface area contributed by atoms with Crippen molar-refractivity contribution in [3.05, 3.63) is 86.7 Å². The van der Waals surface area contributed by atoms with Gasteiger partial charge in [0.05, 0.1) is 0 Å². The van der Waals surface area contributed by atoms with Gasteiger partial charge in [-0.2, -0.15) is 0 Å². The number of benzene rings is 1. The summed E-state index contributed by atoms with van der Waals surface area (Å²) in [5.74, 6) is 0.491. The number of hydrogen-bond acceptors (Lipinski definition) is 4. The first-order valence-electron chi connectivity index (χ1n) is 11.5. The highest BCUT2D eigenvalue weighted by atomic mass is 35.5. The molecule has 1 unspecified atom stereocenters. The molecule has 1 fully saturated rings. The van der Waals surface area contributed by atoms with Gasteiger partial charge in [0, 0.05) is 60.0 Å². The van der Waals surface area contributed by atoms with Crippen LogP contribution in [0.15, 0.2) is 53.5 Å². The molecule has 6 rings (SSSR count). The molecule has 0 amide bonds. The van der Waals surface area contributed by atoms with Crippen LogP contribution in [0.3, 0.4) is 0 Å². The molecule has 4 aromatic rings. The summed E-state index contributed by atoms with van der Waals surface area (Å²) in [6.07, 6.45) is 5.09. The minimum atomic E-state index is -0.440. The van der Waals surface area contributed by atoms with E-state index in [-0.39, 0.29) is 24.6 Å². The Morgan fingerprint density at radius 3 is 2.83 bits per heavy atom. The number of rotatable bonds is 4. The van der Waals surface area contributed by atoms with E-state index in [1.54, 1.807) is 24.4 Å². The molecule has 1 aromatic carbocycles. The molecule has 0 aliphatic carbocycles. The second-order valence-electron chi connectivity index (χ2n) is 9.00. The van der Waals surface area contributed by atoms with E-state index in [0.717, 1.165) is 18.6 Å². The van der Waals surface area contributed by atoms with Crippen LogP contribution in [0.1, 0.15) is 35.7 Å². The maximum absolute atomic E-state index is 14.0. The maximum Gasteiger partial charge on any atom is 0.259 e. The smallest absolute Gasteiger partial charge is 0.259 e. The Morgan fingerprint density at radius 2 is 2.03 bits per heavy atom. The molecule has 1 saturated heterocycles. The summed E-state index contributed by atoms with van der Waals surface area (Å²) in [5.41, 5.74) is 3.77. The maximum atomic E-state index is 14.0. The molecule has 3 aromatic heterocycles. The van der Waals surface area contributed by atoms with Crippen LogP contribution in [0.2, 0.25) is 5.02 Å². The van der Waals surface area contributed by atoms with E-state index in [2.05, 4.69) is 22.6 Å². The number of aryl methyl sites for hydroxylation is 1. The van der Waals surface area contributed by atoms with Crippen molar-refractivity contribution in [3.8, 4) is 11.6 Å². The van der Waals surface area contributed by atoms with Gasteiger partial charge in [-0.3, -0.25) is 14.3 Å². The Labute approximate surface area is 213 Å². The highest BCUT2D eigenvalue weighted by Crippen LogP contribution is 2.42. The first-order valence-corrected chi connectivity index (χ1v) is 11.9. The van der Waals surface area contributed by atoms with E-state index in [1.807, 2.05) is 6.07 Å². The molecule has 2 aliphatic heterocycles. The minimum absolute atomic E-state index is 0. The van der Waals surface area contributed by atoms with Crippen molar-refractivity contribution in [1.82, 2.24) is 19.0 Å². The quantitative estimate of drug-likeness (QED) is 0.375. The summed E-state index contributed by atoms with van der Waals surface area (Å²) in [7, 11) is 2.07. The number of pyridine rings is 2. The van der Waals surface area contributed by atoms with Gasteiger partial charge in [-0.1, -0.05) is 17.7 Å². The first-order chi connectivity index (χ1) is 16.5. The predicted molar refractivity (Wildman–Crippen MR) is 137 cm³/mol. The molecule has 0 radical (unpaired) electrons. The zero-order valence-corrected chi connectivity index (χ0v) is 20.8. The minimum Gasteiger partial charge on any atom is -0.489 e. The van der Waals surface area contributed by atoms with Crippen LogP contribution in [-0.2, 0) is 20.1 Å². The van der Waals surface area contributed by atoms with Crippen molar-refractivity contribution >= 4 is 35.0 Å². The van der Waals surface area contributed by atoms with E-state index >= 15 is 0 Å². The van der Waals surface area contributed by atoms with Crippen molar-refractivity contribution in [2.45, 2.75) is 31.9 Å². The van der Waals surface area contributed by atoms with Gasteiger partial charge in [-0.05, 0) is 55.3 Å². The summed E-state index contributed by atoms with van der Waals surface area (Å²) >= 11 is 5.80. The van der Waals surface area contributed by atoms with Crippen molar-refractivity contribution in [2.75, 3.05) is 13.1 Å². The molecule has 0 saturated carbocycles. The normalized spacial score (nSPS) is 17.2. The van der Waals surface area contributed by atoms with Crippen LogP contribution in [0.25, 0.3) is 16.9 Å². The third-order valence-corrected chi connectivity index (χ3v) is 7.30. The number of aromatic nitrogens is 3. The Balaban J connectivity index is 0.00000253. The van der Waals surface area contributed by atoms with Crippen LogP contribution in [-0.4, -0.2) is 32.1 Å². The van der Waals surface area contributed by atoms with Crippen LogP contribution in [0.4, 0.5) is 4.39 Å². The van der Waals surface area contributed by atoms with Crippen LogP contribution in [0.5, 0.6) is 5.75 Å². The molecule has 0 bridgehead atoms. The molecule has 5 heterocycles. The van der Waals surface area contributed by atoms with Gasteiger partial charge >= 0.3 is 0 Å². The molecule has 6 nitrogen and oxygen atoms in total. The lowest BCUT2D eigenvalue weighted by atomic mass is 9.96. The third kappa shape index (κ3) is 4.11. The molecule has 2 aliphatic rings. The predicted octanol–water partition coefficient (Wildman–Crippen LogP) is 5.21. The van der Waals surface area contributed by atoms with E-state index in [9.17, 15) is 9.18 Å². The second kappa shape index (κ2) is 9.30. The SMILES string of the molecule is Cl.Cn1c2c(c3ccc(-n4ccc(OCc5ccc(Cl)cc5F)cc4=O)nc31)C1CCCN1CC2. The lowest BCUT2D eigenvalue weighted by molar-refractivity contribution is 0.242. The average molecular weight is 515 g/mol. The van der Waals surface area contributed by atoms with Crippen LogP contribution < -0.4 is 10.3 Å². The van der Waals surface area contributed by atoms with Gasteiger partial charge in [0.15, 0.2) is 0 Å². The molecule has 0 spiro atoms. The van der Waals surface area contributed by atoms with Gasteiger partial charge < -0.3 is 9.30 Å². The van der Waals surface area contributed by atoms with Gasteiger partial charge in [-0.25, -0.2) is 9.37 Å². The van der Waals surface area contributed by atoms with E-state index in [4.69, 9.17) is 21.3 Å². The Bertz CT molecular complexity index is 1480. The van der Waals surface area contributed by atoms with Gasteiger partial charge in [0.25, 0.3) is 5.56 Å². The molecule has 0 N–H and O–H groups in total. The fourth-order valence-electron chi connectivity index (χ4n) is 5.39. The zero-order chi connectivity index (χ0) is 23.4. The number of fused-ring (bicyclic) bond motifs is 5.